The minimum Gasteiger partial charge on any atom is -0.0651 e. The second-order valence-corrected chi connectivity index (χ2v) is 5.94. The minimum atomic E-state index is 1.09. The average Bonchev–Trinajstić information content (AvgIpc) is 2.87. The van der Waals surface area contributed by atoms with Gasteiger partial charge in [-0.15, -0.1) is 0 Å². The molecule has 0 aliphatic heterocycles. The molecule has 21 heavy (non-hydrogen) atoms. The van der Waals surface area contributed by atoms with E-state index in [1.165, 1.54) is 50.6 Å². The number of hydrogen-bond acceptors (Lipinski definition) is 0. The highest BCUT2D eigenvalue weighted by atomic mass is 14.3. The Hall–Kier alpha value is -2.08. The van der Waals surface area contributed by atoms with Gasteiger partial charge in [0.15, 0.2) is 0 Å². The summed E-state index contributed by atoms with van der Waals surface area (Å²) in [6.45, 7) is 4.52. The predicted molar refractivity (Wildman–Crippen MR) is 91.8 cm³/mol. The highest BCUT2D eigenvalue weighted by molar-refractivity contribution is 6.16. The van der Waals surface area contributed by atoms with E-state index in [0.29, 0.717) is 0 Å². The van der Waals surface area contributed by atoms with Gasteiger partial charge >= 0.3 is 0 Å². The predicted octanol–water partition coefficient (Wildman–Crippen LogP) is 6.00. The largest absolute Gasteiger partial charge is 0.0651 e. The molecule has 3 aromatic rings. The second kappa shape index (κ2) is 4.73. The molecule has 0 heteroatoms. The fourth-order valence-electron chi connectivity index (χ4n) is 3.80. The second-order valence-electron chi connectivity index (χ2n) is 5.94. The normalized spacial score (nSPS) is 11.9. The molecule has 4 rings (SSSR count). The molecule has 1 aliphatic rings. The SMILES string of the molecule is CCCc1ccc2c3c(c(CC)ccc13)-c1ccccc1-2. The van der Waals surface area contributed by atoms with Gasteiger partial charge in [0, 0.05) is 0 Å². The van der Waals surface area contributed by atoms with Gasteiger partial charge in [-0.2, -0.15) is 0 Å². The third kappa shape index (κ3) is 1.68. The van der Waals surface area contributed by atoms with Gasteiger partial charge in [0.25, 0.3) is 0 Å². The summed E-state index contributed by atoms with van der Waals surface area (Å²) in [4.78, 5) is 0. The van der Waals surface area contributed by atoms with Crippen LogP contribution in [0.3, 0.4) is 0 Å². The Balaban J connectivity index is 2.16. The topological polar surface area (TPSA) is 0 Å². The van der Waals surface area contributed by atoms with Crippen LogP contribution in [0.4, 0.5) is 0 Å². The van der Waals surface area contributed by atoms with Crippen molar-refractivity contribution < 1.29 is 0 Å². The molecule has 0 aromatic heterocycles. The highest BCUT2D eigenvalue weighted by Crippen LogP contribution is 2.49. The van der Waals surface area contributed by atoms with E-state index >= 15 is 0 Å². The Labute approximate surface area is 126 Å². The van der Waals surface area contributed by atoms with Crippen molar-refractivity contribution >= 4 is 10.8 Å². The summed E-state index contributed by atoms with van der Waals surface area (Å²) in [5, 5.41) is 2.94. The molecule has 0 amide bonds. The lowest BCUT2D eigenvalue weighted by Crippen LogP contribution is -1.90. The van der Waals surface area contributed by atoms with Crippen molar-refractivity contribution in [1.29, 1.82) is 0 Å². The fourth-order valence-corrected chi connectivity index (χ4v) is 3.80. The van der Waals surface area contributed by atoms with Crippen molar-refractivity contribution in [3.8, 4) is 22.3 Å². The van der Waals surface area contributed by atoms with E-state index in [1.54, 1.807) is 0 Å². The quantitative estimate of drug-likeness (QED) is 0.429. The summed E-state index contributed by atoms with van der Waals surface area (Å²) in [6.07, 6.45) is 3.46. The first-order valence-electron chi connectivity index (χ1n) is 8.02. The van der Waals surface area contributed by atoms with Crippen LogP contribution in [0.1, 0.15) is 31.4 Å². The molecule has 104 valence electrons. The Bertz CT molecular complexity index is 840. The summed E-state index contributed by atoms with van der Waals surface area (Å²) < 4.78 is 0. The zero-order valence-electron chi connectivity index (χ0n) is 12.7. The number of benzene rings is 3. The Kier molecular flexibility index (Phi) is 2.85. The van der Waals surface area contributed by atoms with E-state index in [9.17, 15) is 0 Å². The molecule has 0 spiro atoms. The molecule has 0 atom stereocenters. The maximum absolute atomic E-state index is 2.35. The summed E-state index contributed by atoms with van der Waals surface area (Å²) >= 11 is 0. The van der Waals surface area contributed by atoms with E-state index in [1.807, 2.05) is 0 Å². The molecule has 3 aromatic carbocycles. The van der Waals surface area contributed by atoms with E-state index in [4.69, 9.17) is 0 Å². The van der Waals surface area contributed by atoms with Crippen LogP contribution in [-0.2, 0) is 12.8 Å². The first-order valence-corrected chi connectivity index (χ1v) is 8.02. The summed E-state index contributed by atoms with van der Waals surface area (Å²) in [7, 11) is 0. The summed E-state index contributed by atoms with van der Waals surface area (Å²) in [5.41, 5.74) is 8.70. The third-order valence-corrected chi connectivity index (χ3v) is 4.74. The van der Waals surface area contributed by atoms with Crippen molar-refractivity contribution in [3.63, 3.8) is 0 Å². The maximum atomic E-state index is 2.35. The Morgan fingerprint density at radius 1 is 0.714 bits per heavy atom. The standard InChI is InChI=1S/C21H20/c1-3-7-15-11-13-19-17-8-5-6-9-18(17)20-14(4-2)10-12-16(15)21(19)20/h5-6,8-13H,3-4,7H2,1-2H3. The average molecular weight is 272 g/mol. The molecule has 0 nitrogen and oxygen atoms in total. The van der Waals surface area contributed by atoms with Gasteiger partial charge in [0.1, 0.15) is 0 Å². The first-order chi connectivity index (χ1) is 10.3. The zero-order valence-corrected chi connectivity index (χ0v) is 12.7. The van der Waals surface area contributed by atoms with Crippen LogP contribution in [0.25, 0.3) is 33.0 Å². The first kappa shape index (κ1) is 12.6. The molecule has 1 aliphatic carbocycles. The zero-order chi connectivity index (χ0) is 14.4. The smallest absolute Gasteiger partial charge is 0.00208 e. The van der Waals surface area contributed by atoms with Gasteiger partial charge in [-0.25, -0.2) is 0 Å². The van der Waals surface area contributed by atoms with E-state index in [0.717, 1.165) is 12.8 Å². The van der Waals surface area contributed by atoms with Crippen LogP contribution < -0.4 is 0 Å². The van der Waals surface area contributed by atoms with Crippen LogP contribution in [-0.4, -0.2) is 0 Å². The van der Waals surface area contributed by atoms with Crippen LogP contribution in [0.15, 0.2) is 48.5 Å². The molecule has 0 bridgehead atoms. The molecule has 0 N–H and O–H groups in total. The van der Waals surface area contributed by atoms with Crippen molar-refractivity contribution in [2.45, 2.75) is 33.1 Å². The van der Waals surface area contributed by atoms with Crippen LogP contribution in [0, 0.1) is 0 Å². The maximum Gasteiger partial charge on any atom is -0.00208 e. The molecule has 0 heterocycles. The fraction of sp³-hybridized carbons (Fsp3) is 0.238. The van der Waals surface area contributed by atoms with Gasteiger partial charge in [0.2, 0.25) is 0 Å². The van der Waals surface area contributed by atoms with Crippen LogP contribution >= 0.6 is 0 Å². The van der Waals surface area contributed by atoms with E-state index < -0.39 is 0 Å². The van der Waals surface area contributed by atoms with Gasteiger partial charge in [-0.3, -0.25) is 0 Å². The van der Waals surface area contributed by atoms with Gasteiger partial charge in [-0.05, 0) is 57.0 Å². The highest BCUT2D eigenvalue weighted by Gasteiger charge is 2.23. The van der Waals surface area contributed by atoms with Crippen LogP contribution in [0.2, 0.25) is 0 Å². The molecular weight excluding hydrogens is 252 g/mol. The number of hydrogen-bond donors (Lipinski definition) is 0. The molecule has 0 radical (unpaired) electrons. The number of rotatable bonds is 3. The van der Waals surface area contributed by atoms with E-state index in [2.05, 4.69) is 62.4 Å². The molecular formula is C21H20. The number of aryl methyl sites for hydroxylation is 2. The minimum absolute atomic E-state index is 1.09. The lowest BCUT2D eigenvalue weighted by molar-refractivity contribution is 0.930. The molecule has 0 unspecified atom stereocenters. The van der Waals surface area contributed by atoms with Crippen LogP contribution in [0.5, 0.6) is 0 Å². The lowest BCUT2D eigenvalue weighted by atomic mass is 9.93. The van der Waals surface area contributed by atoms with Crippen molar-refractivity contribution in [3.05, 3.63) is 59.7 Å². The van der Waals surface area contributed by atoms with Gasteiger partial charge in [0.05, 0.1) is 0 Å². The summed E-state index contributed by atoms with van der Waals surface area (Å²) in [5.74, 6) is 0. The van der Waals surface area contributed by atoms with Crippen molar-refractivity contribution in [2.75, 3.05) is 0 Å². The van der Waals surface area contributed by atoms with Gasteiger partial charge in [-0.1, -0.05) is 68.8 Å². The van der Waals surface area contributed by atoms with Gasteiger partial charge < -0.3 is 0 Å². The lowest BCUT2D eigenvalue weighted by Gasteiger charge is -2.11. The third-order valence-electron chi connectivity index (χ3n) is 4.74. The Morgan fingerprint density at radius 2 is 1.48 bits per heavy atom. The molecule has 0 saturated heterocycles. The van der Waals surface area contributed by atoms with Crippen molar-refractivity contribution in [2.24, 2.45) is 0 Å². The monoisotopic (exact) mass is 272 g/mol. The molecule has 0 fully saturated rings. The Morgan fingerprint density at radius 3 is 2.24 bits per heavy atom. The van der Waals surface area contributed by atoms with E-state index in [-0.39, 0.29) is 0 Å². The summed E-state index contributed by atoms with van der Waals surface area (Å²) in [6, 6.07) is 18.2. The number of fused-ring (bicyclic) bond motifs is 3. The molecule has 0 saturated carbocycles. The van der Waals surface area contributed by atoms with Crippen molar-refractivity contribution in [1.82, 2.24) is 0 Å².